The van der Waals surface area contributed by atoms with Gasteiger partial charge in [0.2, 0.25) is 0 Å². The molecule has 0 aliphatic carbocycles. The highest BCUT2D eigenvalue weighted by molar-refractivity contribution is 5.80. The predicted molar refractivity (Wildman–Crippen MR) is 69.5 cm³/mol. The molecule has 1 heterocycles. The molecular weight excluding hydrogens is 248 g/mol. The summed E-state index contributed by atoms with van der Waals surface area (Å²) in [5.41, 5.74) is 0.855. The summed E-state index contributed by atoms with van der Waals surface area (Å²) >= 11 is 0. The molecule has 7 heteroatoms. The number of rotatable bonds is 6. The SMILES string of the molecule is CC(C)CN(CC(=O)O)C(=O)NCc1ccnn1C. The standard InChI is InChI=1S/C12H20N4O3/c1-9(2)7-16(8-11(17)18)12(19)13-6-10-4-5-14-15(10)3/h4-5,9H,6-8H2,1-3H3,(H,13,19)(H,17,18). The van der Waals surface area contributed by atoms with Gasteiger partial charge in [-0.2, -0.15) is 5.10 Å². The average Bonchev–Trinajstić information content (AvgIpc) is 2.69. The molecule has 0 aliphatic heterocycles. The van der Waals surface area contributed by atoms with Crippen LogP contribution in [-0.4, -0.2) is 44.9 Å². The number of hydrogen-bond donors (Lipinski definition) is 2. The number of aryl methyl sites for hydroxylation is 1. The summed E-state index contributed by atoms with van der Waals surface area (Å²) in [7, 11) is 1.78. The summed E-state index contributed by atoms with van der Waals surface area (Å²) in [5, 5.41) is 15.5. The monoisotopic (exact) mass is 268 g/mol. The van der Waals surface area contributed by atoms with E-state index in [9.17, 15) is 9.59 Å². The second-order valence-corrected chi connectivity index (χ2v) is 4.77. The maximum absolute atomic E-state index is 11.9. The number of nitrogens with zero attached hydrogens (tertiary/aromatic N) is 3. The summed E-state index contributed by atoms with van der Waals surface area (Å²) in [6.07, 6.45) is 1.64. The first-order valence-electron chi connectivity index (χ1n) is 6.11. The number of aromatic nitrogens is 2. The highest BCUT2D eigenvalue weighted by Crippen LogP contribution is 2.01. The topological polar surface area (TPSA) is 87.5 Å². The highest BCUT2D eigenvalue weighted by Gasteiger charge is 2.17. The molecule has 0 atom stereocenters. The molecule has 0 aliphatic rings. The molecule has 0 fully saturated rings. The molecule has 1 aromatic rings. The van der Waals surface area contributed by atoms with Crippen molar-refractivity contribution in [2.45, 2.75) is 20.4 Å². The molecule has 1 aromatic heterocycles. The normalized spacial score (nSPS) is 10.5. The molecule has 0 bridgehead atoms. The van der Waals surface area contributed by atoms with Crippen LogP contribution in [-0.2, 0) is 18.4 Å². The molecule has 0 saturated heterocycles. The van der Waals surface area contributed by atoms with E-state index in [1.165, 1.54) is 4.90 Å². The molecule has 0 unspecified atom stereocenters. The smallest absolute Gasteiger partial charge is 0.323 e. The van der Waals surface area contributed by atoms with Crippen LogP contribution in [0.4, 0.5) is 4.79 Å². The number of carbonyl (C=O) groups is 2. The van der Waals surface area contributed by atoms with Gasteiger partial charge in [-0.25, -0.2) is 4.79 Å². The van der Waals surface area contributed by atoms with Crippen molar-refractivity contribution in [2.75, 3.05) is 13.1 Å². The van der Waals surface area contributed by atoms with Crippen molar-refractivity contribution in [2.24, 2.45) is 13.0 Å². The molecule has 2 N–H and O–H groups in total. The zero-order valence-corrected chi connectivity index (χ0v) is 11.5. The number of urea groups is 1. The van der Waals surface area contributed by atoms with Crippen LogP contribution in [0.15, 0.2) is 12.3 Å². The van der Waals surface area contributed by atoms with Gasteiger partial charge in [-0.1, -0.05) is 13.8 Å². The van der Waals surface area contributed by atoms with Gasteiger partial charge in [0.25, 0.3) is 0 Å². The van der Waals surface area contributed by atoms with Crippen molar-refractivity contribution < 1.29 is 14.7 Å². The Kier molecular flexibility index (Phi) is 5.35. The molecule has 0 spiro atoms. The van der Waals surface area contributed by atoms with Gasteiger partial charge in [-0.05, 0) is 12.0 Å². The van der Waals surface area contributed by atoms with Crippen LogP contribution in [0.5, 0.6) is 0 Å². The number of carbonyl (C=O) groups excluding carboxylic acids is 1. The predicted octanol–water partition coefficient (Wildman–Crippen LogP) is 0.672. The maximum Gasteiger partial charge on any atom is 0.323 e. The van der Waals surface area contributed by atoms with E-state index in [1.807, 2.05) is 13.8 Å². The van der Waals surface area contributed by atoms with Crippen molar-refractivity contribution in [1.82, 2.24) is 20.0 Å². The van der Waals surface area contributed by atoms with Gasteiger partial charge >= 0.3 is 12.0 Å². The van der Waals surface area contributed by atoms with E-state index in [0.29, 0.717) is 13.1 Å². The molecule has 0 radical (unpaired) electrons. The lowest BCUT2D eigenvalue weighted by molar-refractivity contribution is -0.137. The summed E-state index contributed by atoms with van der Waals surface area (Å²) in [6.45, 7) is 4.30. The second kappa shape index (κ2) is 6.77. The Hall–Kier alpha value is -2.05. The Morgan fingerprint density at radius 3 is 2.68 bits per heavy atom. The van der Waals surface area contributed by atoms with Crippen molar-refractivity contribution >= 4 is 12.0 Å². The van der Waals surface area contributed by atoms with Crippen molar-refractivity contribution in [3.05, 3.63) is 18.0 Å². The first-order chi connectivity index (χ1) is 8.90. The van der Waals surface area contributed by atoms with E-state index in [4.69, 9.17) is 5.11 Å². The van der Waals surface area contributed by atoms with Crippen LogP contribution in [0, 0.1) is 5.92 Å². The molecule has 7 nitrogen and oxygen atoms in total. The van der Waals surface area contributed by atoms with Crippen molar-refractivity contribution in [3.63, 3.8) is 0 Å². The number of nitrogens with one attached hydrogen (secondary N) is 1. The van der Waals surface area contributed by atoms with E-state index in [1.54, 1.807) is 24.0 Å². The molecule has 2 amide bonds. The first kappa shape index (κ1) is 15.0. The molecule has 19 heavy (non-hydrogen) atoms. The van der Waals surface area contributed by atoms with Gasteiger partial charge < -0.3 is 15.3 Å². The number of aliphatic carboxylic acids is 1. The third kappa shape index (κ3) is 4.99. The van der Waals surface area contributed by atoms with Crippen LogP contribution >= 0.6 is 0 Å². The summed E-state index contributed by atoms with van der Waals surface area (Å²) in [5.74, 6) is -0.807. The van der Waals surface area contributed by atoms with Crippen LogP contribution < -0.4 is 5.32 Å². The number of carboxylic acid groups (broad SMARTS) is 1. The van der Waals surface area contributed by atoms with E-state index in [0.717, 1.165) is 5.69 Å². The summed E-state index contributed by atoms with van der Waals surface area (Å²) in [6, 6.07) is 1.42. The number of hydrogen-bond acceptors (Lipinski definition) is 3. The largest absolute Gasteiger partial charge is 0.480 e. The Labute approximate surface area is 112 Å². The average molecular weight is 268 g/mol. The summed E-state index contributed by atoms with van der Waals surface area (Å²) in [4.78, 5) is 24.0. The molecule has 106 valence electrons. The fourth-order valence-corrected chi connectivity index (χ4v) is 1.68. The minimum atomic E-state index is -1.02. The van der Waals surface area contributed by atoms with Crippen LogP contribution in [0.3, 0.4) is 0 Å². The molecular formula is C12H20N4O3. The van der Waals surface area contributed by atoms with Gasteiger partial charge in [-0.3, -0.25) is 9.48 Å². The van der Waals surface area contributed by atoms with Gasteiger partial charge in [-0.15, -0.1) is 0 Å². The lowest BCUT2D eigenvalue weighted by Gasteiger charge is -2.23. The van der Waals surface area contributed by atoms with Crippen molar-refractivity contribution in [1.29, 1.82) is 0 Å². The lowest BCUT2D eigenvalue weighted by atomic mass is 10.2. The Balaban J connectivity index is 2.56. The molecule has 1 rings (SSSR count). The second-order valence-electron chi connectivity index (χ2n) is 4.77. The highest BCUT2D eigenvalue weighted by atomic mass is 16.4. The molecule has 0 saturated carbocycles. The zero-order chi connectivity index (χ0) is 14.4. The van der Waals surface area contributed by atoms with Gasteiger partial charge in [0.1, 0.15) is 6.54 Å². The van der Waals surface area contributed by atoms with E-state index >= 15 is 0 Å². The third-order valence-electron chi connectivity index (χ3n) is 2.54. The minimum absolute atomic E-state index is 0.210. The quantitative estimate of drug-likeness (QED) is 0.794. The van der Waals surface area contributed by atoms with Crippen LogP contribution in [0.25, 0.3) is 0 Å². The van der Waals surface area contributed by atoms with Gasteiger partial charge in [0.05, 0.1) is 12.2 Å². The van der Waals surface area contributed by atoms with E-state index in [-0.39, 0.29) is 18.5 Å². The fraction of sp³-hybridized carbons (Fsp3) is 0.583. The van der Waals surface area contributed by atoms with Crippen LogP contribution in [0.1, 0.15) is 19.5 Å². The minimum Gasteiger partial charge on any atom is -0.480 e. The number of carboxylic acids is 1. The van der Waals surface area contributed by atoms with Gasteiger partial charge in [0, 0.05) is 19.8 Å². The zero-order valence-electron chi connectivity index (χ0n) is 11.5. The fourth-order valence-electron chi connectivity index (χ4n) is 1.68. The lowest BCUT2D eigenvalue weighted by Crippen LogP contribution is -2.44. The van der Waals surface area contributed by atoms with Crippen molar-refractivity contribution in [3.8, 4) is 0 Å². The Morgan fingerprint density at radius 1 is 1.53 bits per heavy atom. The summed E-state index contributed by atoms with van der Waals surface area (Å²) < 4.78 is 1.66. The Morgan fingerprint density at radius 2 is 2.21 bits per heavy atom. The van der Waals surface area contributed by atoms with E-state index in [2.05, 4.69) is 10.4 Å². The Bertz CT molecular complexity index is 442. The van der Waals surface area contributed by atoms with Gasteiger partial charge in [0.15, 0.2) is 0 Å². The van der Waals surface area contributed by atoms with Crippen LogP contribution in [0.2, 0.25) is 0 Å². The van der Waals surface area contributed by atoms with E-state index < -0.39 is 5.97 Å². The first-order valence-corrected chi connectivity index (χ1v) is 6.11. The molecule has 0 aromatic carbocycles. The third-order valence-corrected chi connectivity index (χ3v) is 2.54. The number of amides is 2. The maximum atomic E-state index is 11.9.